The molecule has 1 saturated heterocycles. The molecule has 0 saturated carbocycles. The normalized spacial score (nSPS) is 14.5. The van der Waals surface area contributed by atoms with Crippen LogP contribution in [-0.2, 0) is 4.74 Å². The maximum absolute atomic E-state index is 13.6. The first-order valence-electron chi connectivity index (χ1n) is 12.0. The van der Waals surface area contributed by atoms with Gasteiger partial charge in [-0.05, 0) is 69.7 Å². The maximum Gasteiger partial charge on any atom is 0.260 e. The summed E-state index contributed by atoms with van der Waals surface area (Å²) in [5, 5.41) is 0.707. The average Bonchev–Trinajstić information content (AvgIpc) is 3.25. The Kier molecular flexibility index (Phi) is 8.37. The van der Waals surface area contributed by atoms with Gasteiger partial charge in [-0.3, -0.25) is 14.6 Å². The molecule has 2 aromatic carbocycles. The number of fused-ring (bicyclic) bond motifs is 1. The van der Waals surface area contributed by atoms with Crippen LogP contribution in [0.4, 0.5) is 5.13 Å². The van der Waals surface area contributed by atoms with Crippen molar-refractivity contribution in [1.82, 2.24) is 9.88 Å². The second kappa shape index (κ2) is 11.6. The summed E-state index contributed by atoms with van der Waals surface area (Å²) in [4.78, 5) is 22.6. The zero-order valence-corrected chi connectivity index (χ0v) is 21.0. The van der Waals surface area contributed by atoms with Gasteiger partial charge in [-0.1, -0.05) is 11.3 Å². The molecule has 0 unspecified atom stereocenters. The van der Waals surface area contributed by atoms with Crippen LogP contribution in [0.2, 0.25) is 0 Å². The molecule has 7 nitrogen and oxygen atoms in total. The van der Waals surface area contributed by atoms with Gasteiger partial charge in [-0.2, -0.15) is 0 Å². The van der Waals surface area contributed by atoms with Gasteiger partial charge in [0.15, 0.2) is 5.13 Å². The number of thiazole rings is 1. The Morgan fingerprint density at radius 2 is 1.88 bits per heavy atom. The lowest BCUT2D eigenvalue weighted by Gasteiger charge is -2.27. The van der Waals surface area contributed by atoms with Crippen LogP contribution in [0.3, 0.4) is 0 Å². The maximum atomic E-state index is 13.6. The first kappa shape index (κ1) is 24.4. The molecule has 0 radical (unpaired) electrons. The van der Waals surface area contributed by atoms with Crippen LogP contribution in [0.1, 0.15) is 37.6 Å². The van der Waals surface area contributed by atoms with Crippen molar-refractivity contribution < 1.29 is 19.0 Å². The van der Waals surface area contributed by atoms with Gasteiger partial charge >= 0.3 is 0 Å². The van der Waals surface area contributed by atoms with Crippen LogP contribution in [0.5, 0.6) is 11.5 Å². The van der Waals surface area contributed by atoms with Crippen LogP contribution < -0.4 is 14.4 Å². The molecule has 8 heteroatoms. The molecule has 3 aromatic rings. The zero-order chi connectivity index (χ0) is 23.9. The molecule has 1 amide bonds. The minimum Gasteiger partial charge on any atom is -0.494 e. The Morgan fingerprint density at radius 1 is 1.15 bits per heavy atom. The van der Waals surface area contributed by atoms with Crippen LogP contribution in [0.15, 0.2) is 42.5 Å². The molecule has 0 bridgehead atoms. The summed E-state index contributed by atoms with van der Waals surface area (Å²) in [6, 6.07) is 13.2. The number of hydrogen-bond donors (Lipinski definition) is 0. The van der Waals surface area contributed by atoms with Crippen LogP contribution >= 0.6 is 11.3 Å². The molecule has 1 fully saturated rings. The van der Waals surface area contributed by atoms with Gasteiger partial charge in [0.2, 0.25) is 0 Å². The third-order valence-electron chi connectivity index (χ3n) is 5.57. The minimum atomic E-state index is -0.0536. The largest absolute Gasteiger partial charge is 0.494 e. The van der Waals surface area contributed by atoms with E-state index in [-0.39, 0.29) is 12.0 Å². The van der Waals surface area contributed by atoms with Gasteiger partial charge in [-0.15, -0.1) is 0 Å². The first-order valence-corrected chi connectivity index (χ1v) is 12.8. The van der Waals surface area contributed by atoms with E-state index in [9.17, 15) is 4.79 Å². The number of rotatable bonds is 10. The third kappa shape index (κ3) is 6.25. The number of carbonyl (C=O) groups excluding carboxylic acids is 1. The van der Waals surface area contributed by atoms with E-state index < -0.39 is 0 Å². The van der Waals surface area contributed by atoms with Crippen molar-refractivity contribution in [1.29, 1.82) is 0 Å². The van der Waals surface area contributed by atoms with E-state index in [1.807, 2.05) is 68.1 Å². The standard InChI is InChI=1S/C26H33N3O4S/c1-4-32-22-10-11-23-24(18-22)34-26(27-23)29(13-5-12-28-14-16-31-17-15-28)25(30)20-6-8-21(9-7-20)33-19(2)3/h6-11,18-19H,4-5,12-17H2,1-3H3. The van der Waals surface area contributed by atoms with Crippen molar-refractivity contribution in [2.75, 3.05) is 50.9 Å². The van der Waals surface area contributed by atoms with Gasteiger partial charge in [0.25, 0.3) is 5.91 Å². The number of hydrogen-bond acceptors (Lipinski definition) is 7. The molecular weight excluding hydrogens is 450 g/mol. The highest BCUT2D eigenvalue weighted by Crippen LogP contribution is 2.32. The molecule has 0 atom stereocenters. The number of anilines is 1. The summed E-state index contributed by atoms with van der Waals surface area (Å²) < 4.78 is 17.8. The second-order valence-electron chi connectivity index (χ2n) is 8.51. The highest BCUT2D eigenvalue weighted by molar-refractivity contribution is 7.22. The second-order valence-corrected chi connectivity index (χ2v) is 9.52. The lowest BCUT2D eigenvalue weighted by atomic mass is 10.2. The summed E-state index contributed by atoms with van der Waals surface area (Å²) >= 11 is 1.52. The van der Waals surface area contributed by atoms with Crippen molar-refractivity contribution in [3.63, 3.8) is 0 Å². The van der Waals surface area contributed by atoms with E-state index in [0.29, 0.717) is 23.8 Å². The van der Waals surface area contributed by atoms with Gasteiger partial charge in [0.05, 0.1) is 36.1 Å². The highest BCUT2D eigenvalue weighted by atomic mass is 32.1. The van der Waals surface area contributed by atoms with E-state index in [1.54, 1.807) is 0 Å². The molecule has 0 spiro atoms. The number of morpholine rings is 1. The highest BCUT2D eigenvalue weighted by Gasteiger charge is 2.22. The molecule has 1 aliphatic heterocycles. The van der Waals surface area contributed by atoms with Crippen molar-refractivity contribution in [3.05, 3.63) is 48.0 Å². The predicted octanol–water partition coefficient (Wildman–Crippen LogP) is 4.85. The van der Waals surface area contributed by atoms with Gasteiger partial charge < -0.3 is 14.2 Å². The lowest BCUT2D eigenvalue weighted by Crippen LogP contribution is -2.39. The smallest absolute Gasteiger partial charge is 0.260 e. The van der Waals surface area contributed by atoms with Crippen molar-refractivity contribution in [2.45, 2.75) is 33.3 Å². The van der Waals surface area contributed by atoms with E-state index in [0.717, 1.165) is 61.0 Å². The minimum absolute atomic E-state index is 0.0536. The SMILES string of the molecule is CCOc1ccc2nc(N(CCCN3CCOCC3)C(=O)c3ccc(OC(C)C)cc3)sc2c1. The number of benzene rings is 2. The fraction of sp³-hybridized carbons (Fsp3) is 0.462. The zero-order valence-electron chi connectivity index (χ0n) is 20.2. The van der Waals surface area contributed by atoms with E-state index in [4.69, 9.17) is 19.2 Å². The summed E-state index contributed by atoms with van der Waals surface area (Å²) in [5.41, 5.74) is 1.49. The topological polar surface area (TPSA) is 64.1 Å². The average molecular weight is 484 g/mol. The molecule has 1 aliphatic rings. The van der Waals surface area contributed by atoms with E-state index in [1.165, 1.54) is 11.3 Å². The van der Waals surface area contributed by atoms with E-state index in [2.05, 4.69) is 4.90 Å². The van der Waals surface area contributed by atoms with Crippen molar-refractivity contribution in [3.8, 4) is 11.5 Å². The Hall–Kier alpha value is -2.68. The van der Waals surface area contributed by atoms with Crippen LogP contribution in [0.25, 0.3) is 10.2 Å². The van der Waals surface area contributed by atoms with E-state index >= 15 is 0 Å². The summed E-state index contributed by atoms with van der Waals surface area (Å²) in [5.74, 6) is 1.52. The van der Waals surface area contributed by atoms with Gasteiger partial charge in [0.1, 0.15) is 11.5 Å². The number of nitrogens with zero attached hydrogens (tertiary/aromatic N) is 3. The quantitative estimate of drug-likeness (QED) is 0.411. The first-order chi connectivity index (χ1) is 16.5. The Morgan fingerprint density at radius 3 is 2.59 bits per heavy atom. The molecule has 34 heavy (non-hydrogen) atoms. The molecule has 2 heterocycles. The number of amides is 1. The van der Waals surface area contributed by atoms with Crippen molar-refractivity contribution >= 4 is 32.6 Å². The Bertz CT molecular complexity index is 1080. The molecule has 1 aromatic heterocycles. The predicted molar refractivity (Wildman–Crippen MR) is 137 cm³/mol. The Balaban J connectivity index is 1.55. The summed E-state index contributed by atoms with van der Waals surface area (Å²) in [7, 11) is 0. The number of aromatic nitrogens is 1. The fourth-order valence-corrected chi connectivity index (χ4v) is 4.95. The van der Waals surface area contributed by atoms with Crippen molar-refractivity contribution in [2.24, 2.45) is 0 Å². The molecular formula is C26H33N3O4S. The fourth-order valence-electron chi connectivity index (χ4n) is 3.93. The lowest BCUT2D eigenvalue weighted by molar-refractivity contribution is 0.0376. The summed E-state index contributed by atoms with van der Waals surface area (Å²) in [6.07, 6.45) is 0.947. The van der Waals surface area contributed by atoms with Crippen LogP contribution in [-0.4, -0.2) is 67.9 Å². The monoisotopic (exact) mass is 483 g/mol. The number of carbonyl (C=O) groups is 1. The third-order valence-corrected chi connectivity index (χ3v) is 6.61. The van der Waals surface area contributed by atoms with Gasteiger partial charge in [-0.25, -0.2) is 4.98 Å². The molecule has 182 valence electrons. The van der Waals surface area contributed by atoms with Crippen LogP contribution in [0, 0.1) is 0 Å². The molecule has 4 rings (SSSR count). The Labute approximate surface area is 205 Å². The summed E-state index contributed by atoms with van der Waals surface area (Å²) in [6.45, 7) is 11.5. The van der Waals surface area contributed by atoms with Gasteiger partial charge in [0, 0.05) is 31.7 Å². The molecule has 0 aliphatic carbocycles. The number of ether oxygens (including phenoxy) is 3. The molecule has 0 N–H and O–H groups in total.